The fourth-order valence-corrected chi connectivity index (χ4v) is 3.37. The molecule has 0 aliphatic rings. The predicted molar refractivity (Wildman–Crippen MR) is 104 cm³/mol. The number of fused-ring (bicyclic) bond motifs is 1. The maximum absolute atomic E-state index is 13.5. The number of nitrogens with one attached hydrogen (secondary N) is 1. The van der Waals surface area contributed by atoms with Crippen molar-refractivity contribution in [1.29, 1.82) is 0 Å². The van der Waals surface area contributed by atoms with Crippen LogP contribution in [0.3, 0.4) is 0 Å². The van der Waals surface area contributed by atoms with E-state index in [1.165, 1.54) is 10.7 Å². The first-order chi connectivity index (χ1) is 13.1. The minimum atomic E-state index is -0.256. The highest BCUT2D eigenvalue weighted by molar-refractivity contribution is 7.98. The summed E-state index contributed by atoms with van der Waals surface area (Å²) in [5.41, 5.74) is 0.937. The fourth-order valence-electron chi connectivity index (χ4n) is 2.53. The van der Waals surface area contributed by atoms with E-state index in [1.807, 2.05) is 0 Å². The van der Waals surface area contributed by atoms with Crippen molar-refractivity contribution in [1.82, 2.24) is 20.3 Å². The van der Waals surface area contributed by atoms with Gasteiger partial charge in [-0.15, -0.1) is 5.10 Å². The molecule has 0 unspecified atom stereocenters. The van der Waals surface area contributed by atoms with Crippen LogP contribution in [0.2, 0.25) is 0 Å². The Hall–Kier alpha value is -2.74. The van der Waals surface area contributed by atoms with Crippen molar-refractivity contribution < 1.29 is 9.18 Å². The van der Waals surface area contributed by atoms with Crippen LogP contribution in [-0.2, 0) is 17.1 Å². The Balaban J connectivity index is 1.41. The number of rotatable bonds is 8. The molecule has 1 amide bonds. The van der Waals surface area contributed by atoms with Crippen LogP contribution < -0.4 is 10.9 Å². The number of amides is 1. The SMILES string of the molecule is O=C(CCn1nnc2ccccc2c1=O)NCCSCc1ccccc1F. The van der Waals surface area contributed by atoms with Crippen molar-refractivity contribution in [3.05, 3.63) is 70.3 Å². The van der Waals surface area contributed by atoms with E-state index < -0.39 is 0 Å². The summed E-state index contributed by atoms with van der Waals surface area (Å²) >= 11 is 1.55. The molecule has 0 fully saturated rings. The van der Waals surface area contributed by atoms with E-state index >= 15 is 0 Å². The van der Waals surface area contributed by atoms with Crippen molar-refractivity contribution in [3.8, 4) is 0 Å². The van der Waals surface area contributed by atoms with Crippen LogP contribution in [0.25, 0.3) is 10.9 Å². The van der Waals surface area contributed by atoms with Crippen molar-refractivity contribution >= 4 is 28.6 Å². The highest BCUT2D eigenvalue weighted by atomic mass is 32.2. The molecule has 8 heteroatoms. The molecule has 0 bridgehead atoms. The van der Waals surface area contributed by atoms with Gasteiger partial charge in [0.1, 0.15) is 11.3 Å². The van der Waals surface area contributed by atoms with E-state index in [0.29, 0.717) is 34.5 Å². The van der Waals surface area contributed by atoms with Crippen LogP contribution in [0, 0.1) is 5.82 Å². The molecular formula is C19H19FN4O2S. The first-order valence-corrected chi connectivity index (χ1v) is 9.71. The average Bonchev–Trinajstić information content (AvgIpc) is 2.69. The van der Waals surface area contributed by atoms with Gasteiger partial charge in [0.2, 0.25) is 5.91 Å². The zero-order chi connectivity index (χ0) is 19.1. The average molecular weight is 386 g/mol. The third-order valence-corrected chi connectivity index (χ3v) is 4.97. The lowest BCUT2D eigenvalue weighted by Crippen LogP contribution is -2.30. The summed E-state index contributed by atoms with van der Waals surface area (Å²) in [6.07, 6.45) is 0.144. The quantitative estimate of drug-likeness (QED) is 0.602. The lowest BCUT2D eigenvalue weighted by Gasteiger charge is -2.07. The Labute approximate surface area is 159 Å². The van der Waals surface area contributed by atoms with E-state index in [1.54, 1.807) is 54.2 Å². The molecule has 27 heavy (non-hydrogen) atoms. The number of aryl methyl sites for hydroxylation is 1. The molecule has 0 aliphatic carbocycles. The van der Waals surface area contributed by atoms with E-state index in [9.17, 15) is 14.0 Å². The van der Waals surface area contributed by atoms with Crippen molar-refractivity contribution in [2.24, 2.45) is 0 Å². The van der Waals surface area contributed by atoms with Crippen LogP contribution in [0.4, 0.5) is 4.39 Å². The molecule has 2 aromatic carbocycles. The van der Waals surface area contributed by atoms with Gasteiger partial charge < -0.3 is 5.32 Å². The number of hydrogen-bond acceptors (Lipinski definition) is 5. The van der Waals surface area contributed by atoms with Gasteiger partial charge in [-0.25, -0.2) is 9.07 Å². The van der Waals surface area contributed by atoms with Crippen LogP contribution in [0.15, 0.2) is 53.3 Å². The normalized spacial score (nSPS) is 10.9. The smallest absolute Gasteiger partial charge is 0.277 e. The molecule has 0 atom stereocenters. The maximum Gasteiger partial charge on any atom is 0.277 e. The largest absolute Gasteiger partial charge is 0.355 e. The van der Waals surface area contributed by atoms with Gasteiger partial charge >= 0.3 is 0 Å². The standard InChI is InChI=1S/C19H19FN4O2S/c20-16-7-3-1-5-14(16)13-27-12-10-21-18(25)9-11-24-19(26)15-6-2-4-8-17(15)22-23-24/h1-8H,9-13H2,(H,21,25). The van der Waals surface area contributed by atoms with E-state index in [0.717, 1.165) is 0 Å². The number of nitrogens with zero attached hydrogens (tertiary/aromatic N) is 3. The molecule has 1 N–H and O–H groups in total. The van der Waals surface area contributed by atoms with Crippen molar-refractivity contribution in [3.63, 3.8) is 0 Å². The summed E-state index contributed by atoms with van der Waals surface area (Å²) in [6.45, 7) is 0.654. The minimum absolute atomic E-state index is 0.144. The Morgan fingerprint density at radius 3 is 2.78 bits per heavy atom. The fraction of sp³-hybridized carbons (Fsp3) is 0.263. The van der Waals surface area contributed by atoms with Gasteiger partial charge in [-0.2, -0.15) is 11.8 Å². The van der Waals surface area contributed by atoms with Gasteiger partial charge in [-0.3, -0.25) is 9.59 Å². The molecule has 6 nitrogen and oxygen atoms in total. The highest BCUT2D eigenvalue weighted by Crippen LogP contribution is 2.14. The van der Waals surface area contributed by atoms with Gasteiger partial charge in [0.05, 0.1) is 11.9 Å². The summed E-state index contributed by atoms with van der Waals surface area (Å²) in [5.74, 6) is 0.861. The molecule has 0 aliphatic heterocycles. The Morgan fingerprint density at radius 1 is 1.15 bits per heavy atom. The van der Waals surface area contributed by atoms with Gasteiger partial charge in [0, 0.05) is 24.5 Å². The van der Waals surface area contributed by atoms with E-state index in [2.05, 4.69) is 15.6 Å². The number of hydrogen-bond donors (Lipinski definition) is 1. The first kappa shape index (κ1) is 19.0. The first-order valence-electron chi connectivity index (χ1n) is 8.55. The second-order valence-corrected chi connectivity index (χ2v) is 6.98. The summed E-state index contributed by atoms with van der Waals surface area (Å²) in [4.78, 5) is 24.2. The van der Waals surface area contributed by atoms with Gasteiger partial charge in [-0.1, -0.05) is 35.5 Å². The number of carbonyl (C=O) groups is 1. The zero-order valence-electron chi connectivity index (χ0n) is 14.6. The van der Waals surface area contributed by atoms with E-state index in [-0.39, 0.29) is 30.2 Å². The summed E-state index contributed by atoms with van der Waals surface area (Å²) in [6, 6.07) is 13.6. The highest BCUT2D eigenvalue weighted by Gasteiger charge is 2.07. The number of thioether (sulfide) groups is 1. The third-order valence-electron chi connectivity index (χ3n) is 3.96. The van der Waals surface area contributed by atoms with Gasteiger partial charge in [0.15, 0.2) is 0 Å². The predicted octanol–water partition coefficient (Wildman–Crippen LogP) is 2.37. The molecule has 0 spiro atoms. The van der Waals surface area contributed by atoms with Crippen LogP contribution in [-0.4, -0.2) is 33.2 Å². The van der Waals surface area contributed by atoms with Gasteiger partial charge in [-0.05, 0) is 23.8 Å². The molecule has 0 radical (unpaired) electrons. The summed E-state index contributed by atoms with van der Waals surface area (Å²) < 4.78 is 14.7. The number of benzene rings is 2. The molecule has 0 saturated carbocycles. The maximum atomic E-state index is 13.5. The third kappa shape index (κ3) is 5.13. The molecule has 0 saturated heterocycles. The Morgan fingerprint density at radius 2 is 1.93 bits per heavy atom. The second kappa shape index (κ2) is 9.27. The van der Waals surface area contributed by atoms with E-state index in [4.69, 9.17) is 0 Å². The molecule has 3 rings (SSSR count). The lowest BCUT2D eigenvalue weighted by atomic mass is 10.2. The lowest BCUT2D eigenvalue weighted by molar-refractivity contribution is -0.121. The van der Waals surface area contributed by atoms with Crippen LogP contribution >= 0.6 is 11.8 Å². The van der Waals surface area contributed by atoms with Crippen LogP contribution in [0.5, 0.6) is 0 Å². The molecular weight excluding hydrogens is 367 g/mol. The molecule has 1 aromatic heterocycles. The summed E-state index contributed by atoms with van der Waals surface area (Å²) in [5, 5.41) is 11.1. The minimum Gasteiger partial charge on any atom is -0.355 e. The summed E-state index contributed by atoms with van der Waals surface area (Å²) in [7, 11) is 0. The number of aromatic nitrogens is 3. The van der Waals surface area contributed by atoms with Crippen molar-refractivity contribution in [2.75, 3.05) is 12.3 Å². The van der Waals surface area contributed by atoms with Crippen molar-refractivity contribution in [2.45, 2.75) is 18.7 Å². The zero-order valence-corrected chi connectivity index (χ0v) is 15.4. The monoisotopic (exact) mass is 386 g/mol. The Kier molecular flexibility index (Phi) is 6.54. The molecule has 140 valence electrons. The molecule has 3 aromatic rings. The number of carbonyl (C=O) groups excluding carboxylic acids is 1. The topological polar surface area (TPSA) is 76.9 Å². The Bertz CT molecular complexity index is 993. The molecule has 1 heterocycles. The van der Waals surface area contributed by atoms with Gasteiger partial charge in [0.25, 0.3) is 5.56 Å². The number of halogens is 1. The second-order valence-electron chi connectivity index (χ2n) is 5.88. The van der Waals surface area contributed by atoms with Crippen LogP contribution in [0.1, 0.15) is 12.0 Å².